The number of benzene rings is 1. The van der Waals surface area contributed by atoms with Gasteiger partial charge in [-0.25, -0.2) is 9.18 Å². The molecule has 0 unspecified atom stereocenters. The molecule has 0 radical (unpaired) electrons. The number of aliphatic imine (C=N–C) groups is 1. The molecule has 1 amide bonds. The number of nitrogens with zero attached hydrogens (tertiary/aromatic N) is 2. The zero-order valence-corrected chi connectivity index (χ0v) is 15.2. The van der Waals surface area contributed by atoms with E-state index in [0.717, 1.165) is 5.56 Å². The normalized spacial score (nSPS) is 24.9. The molecule has 0 spiro atoms. The Morgan fingerprint density at radius 2 is 1.71 bits per heavy atom. The maximum atomic E-state index is 13.9. The Kier molecular flexibility index (Phi) is 6.73. The van der Waals surface area contributed by atoms with E-state index in [4.69, 9.17) is 4.74 Å². The van der Waals surface area contributed by atoms with Gasteiger partial charge in [0, 0.05) is 24.5 Å². The number of rotatable bonds is 1. The highest BCUT2D eigenvalue weighted by atomic mass is 19.1. The van der Waals surface area contributed by atoms with Crippen molar-refractivity contribution >= 4 is 12.3 Å². The van der Waals surface area contributed by atoms with Gasteiger partial charge in [-0.3, -0.25) is 9.89 Å². The molecule has 6 heteroatoms. The molecule has 0 aliphatic carbocycles. The molecule has 0 saturated carbocycles. The molecule has 2 heterocycles. The summed E-state index contributed by atoms with van der Waals surface area (Å²) in [5, 5.41) is 2.88. The van der Waals surface area contributed by atoms with Crippen LogP contribution < -0.4 is 5.32 Å². The third-order valence-corrected chi connectivity index (χ3v) is 3.96. The number of hydrogen-bond donors (Lipinski definition) is 1. The average Bonchev–Trinajstić information content (AvgIpc) is 3.12. The summed E-state index contributed by atoms with van der Waals surface area (Å²) in [5.41, 5.74) is 1.31. The first kappa shape index (κ1) is 19.1. The third-order valence-electron chi connectivity index (χ3n) is 3.96. The van der Waals surface area contributed by atoms with Gasteiger partial charge in [-0.15, -0.1) is 0 Å². The molecule has 142 valence electrons. The van der Waals surface area contributed by atoms with Gasteiger partial charge in [-0.1, -0.05) is 54.7 Å². The molecule has 2 aliphatic heterocycles. The highest BCUT2D eigenvalue weighted by Gasteiger charge is 2.27. The van der Waals surface area contributed by atoms with Gasteiger partial charge in [0.15, 0.2) is 0 Å². The van der Waals surface area contributed by atoms with Crippen molar-refractivity contribution in [3.8, 4) is 0 Å². The van der Waals surface area contributed by atoms with Crippen molar-refractivity contribution in [1.82, 2.24) is 10.2 Å². The maximum Gasteiger partial charge on any atom is 0.417 e. The van der Waals surface area contributed by atoms with E-state index in [2.05, 4.69) is 10.3 Å². The maximum absolute atomic E-state index is 13.9. The molecule has 3 rings (SSSR count). The van der Waals surface area contributed by atoms with Crippen molar-refractivity contribution in [2.75, 3.05) is 0 Å². The summed E-state index contributed by atoms with van der Waals surface area (Å²) in [7, 11) is 0. The summed E-state index contributed by atoms with van der Waals surface area (Å²) in [4.78, 5) is 18.0. The minimum absolute atomic E-state index is 0.164. The number of hydrogen-bond acceptors (Lipinski definition) is 4. The standard InChI is InChI=1S/C22H20FN3O2/c23-20-12-10-11-18-16-26(17-19(18)20)22(27)28-21-15-24-13-8-6-4-2-1-3-5-7-9-14-25-21/h1-15,25H,16-17H2/b3-1-,4-2-,7-5-,8-6-,14-9-,21-15+,24-13+. The number of halogens is 1. The van der Waals surface area contributed by atoms with Gasteiger partial charge in [0.1, 0.15) is 5.82 Å². The van der Waals surface area contributed by atoms with E-state index in [1.165, 1.54) is 17.2 Å². The number of ether oxygens (including phenoxy) is 1. The second kappa shape index (κ2) is 9.87. The van der Waals surface area contributed by atoms with Crippen LogP contribution in [-0.4, -0.2) is 17.2 Å². The van der Waals surface area contributed by atoms with E-state index < -0.39 is 6.09 Å². The molecule has 1 aromatic rings. The molecule has 0 aromatic heterocycles. The Balaban J connectivity index is 1.69. The fourth-order valence-corrected chi connectivity index (χ4v) is 2.61. The Labute approximate surface area is 163 Å². The molecule has 1 N–H and O–H groups in total. The van der Waals surface area contributed by atoms with Crippen LogP contribution in [0.4, 0.5) is 9.18 Å². The SMILES string of the molecule is O=C(O/C1=C/N=C/C=C\C=C/C=C\C=C/C=C\N1)N1Cc2cccc(F)c2C1. The molecular weight excluding hydrogens is 357 g/mol. The Morgan fingerprint density at radius 1 is 1.00 bits per heavy atom. The fraction of sp³-hybridized carbons (Fsp3) is 0.0909. The summed E-state index contributed by atoms with van der Waals surface area (Å²) in [6.07, 6.45) is 20.6. The lowest BCUT2D eigenvalue weighted by atomic mass is 10.1. The minimum atomic E-state index is -0.576. The van der Waals surface area contributed by atoms with E-state index in [1.807, 2.05) is 48.6 Å². The lowest BCUT2D eigenvalue weighted by Crippen LogP contribution is -2.28. The summed E-state index contributed by atoms with van der Waals surface area (Å²) < 4.78 is 19.3. The van der Waals surface area contributed by atoms with Crippen molar-refractivity contribution in [3.63, 3.8) is 0 Å². The van der Waals surface area contributed by atoms with Crippen molar-refractivity contribution < 1.29 is 13.9 Å². The minimum Gasteiger partial charge on any atom is -0.391 e. The lowest BCUT2D eigenvalue weighted by molar-refractivity contribution is 0.123. The Morgan fingerprint density at radius 3 is 2.46 bits per heavy atom. The van der Waals surface area contributed by atoms with Gasteiger partial charge in [0.05, 0.1) is 12.7 Å². The highest BCUT2D eigenvalue weighted by molar-refractivity contribution is 5.72. The van der Waals surface area contributed by atoms with Gasteiger partial charge in [-0.2, -0.15) is 0 Å². The third kappa shape index (κ3) is 5.41. The van der Waals surface area contributed by atoms with Gasteiger partial charge < -0.3 is 10.1 Å². The first-order chi connectivity index (χ1) is 13.7. The second-order valence-corrected chi connectivity index (χ2v) is 5.94. The summed E-state index contributed by atoms with van der Waals surface area (Å²) >= 11 is 0. The Hall–Kier alpha value is -3.67. The zero-order chi connectivity index (χ0) is 19.6. The quantitative estimate of drug-likeness (QED) is 0.785. The number of nitrogens with one attached hydrogen (secondary N) is 1. The van der Waals surface area contributed by atoms with Gasteiger partial charge in [0.25, 0.3) is 0 Å². The van der Waals surface area contributed by atoms with E-state index in [0.29, 0.717) is 12.1 Å². The largest absolute Gasteiger partial charge is 0.417 e. The number of amides is 1. The molecule has 1 aromatic carbocycles. The van der Waals surface area contributed by atoms with Crippen molar-refractivity contribution in [1.29, 1.82) is 0 Å². The molecule has 2 aliphatic rings. The van der Waals surface area contributed by atoms with E-state index in [-0.39, 0.29) is 18.2 Å². The zero-order valence-electron chi connectivity index (χ0n) is 15.2. The lowest BCUT2D eigenvalue weighted by Gasteiger charge is -2.16. The van der Waals surface area contributed by atoms with Crippen LogP contribution >= 0.6 is 0 Å². The van der Waals surface area contributed by atoms with Gasteiger partial charge in [0.2, 0.25) is 5.88 Å². The summed E-state index contributed by atoms with van der Waals surface area (Å²) in [5.74, 6) is -0.148. The number of carbonyl (C=O) groups excluding carboxylic acids is 1. The first-order valence-electron chi connectivity index (χ1n) is 8.79. The predicted octanol–water partition coefficient (Wildman–Crippen LogP) is 4.49. The average molecular weight is 377 g/mol. The van der Waals surface area contributed by atoms with Gasteiger partial charge in [-0.05, 0) is 23.8 Å². The predicted molar refractivity (Wildman–Crippen MR) is 108 cm³/mol. The van der Waals surface area contributed by atoms with Crippen molar-refractivity contribution in [3.05, 3.63) is 108 Å². The van der Waals surface area contributed by atoms with Crippen molar-refractivity contribution in [2.24, 2.45) is 4.99 Å². The molecule has 0 saturated heterocycles. The topological polar surface area (TPSA) is 53.9 Å². The van der Waals surface area contributed by atoms with Crippen LogP contribution in [0.5, 0.6) is 0 Å². The monoisotopic (exact) mass is 377 g/mol. The van der Waals surface area contributed by atoms with E-state index in [1.54, 1.807) is 30.6 Å². The molecule has 5 nitrogen and oxygen atoms in total. The molecule has 0 fully saturated rings. The fourth-order valence-electron chi connectivity index (χ4n) is 2.61. The smallest absolute Gasteiger partial charge is 0.391 e. The second-order valence-electron chi connectivity index (χ2n) is 5.94. The molecular formula is C22H20FN3O2. The first-order valence-corrected chi connectivity index (χ1v) is 8.79. The van der Waals surface area contributed by atoms with Crippen LogP contribution in [0.15, 0.2) is 96.2 Å². The van der Waals surface area contributed by atoms with Crippen LogP contribution in [0.3, 0.4) is 0 Å². The van der Waals surface area contributed by atoms with Crippen LogP contribution in [0.25, 0.3) is 0 Å². The summed E-state index contributed by atoms with van der Waals surface area (Å²) in [6.45, 7) is 0.486. The molecule has 0 atom stereocenters. The van der Waals surface area contributed by atoms with Crippen LogP contribution in [-0.2, 0) is 17.8 Å². The summed E-state index contributed by atoms with van der Waals surface area (Å²) in [6, 6.07) is 4.84. The number of carbonyl (C=O) groups is 1. The van der Waals surface area contributed by atoms with E-state index >= 15 is 0 Å². The number of allylic oxidation sites excluding steroid dienone is 9. The van der Waals surface area contributed by atoms with Crippen LogP contribution in [0, 0.1) is 5.82 Å². The molecule has 0 bridgehead atoms. The number of fused-ring (bicyclic) bond motifs is 1. The van der Waals surface area contributed by atoms with Gasteiger partial charge >= 0.3 is 6.09 Å². The molecule has 28 heavy (non-hydrogen) atoms. The van der Waals surface area contributed by atoms with E-state index in [9.17, 15) is 9.18 Å². The van der Waals surface area contributed by atoms with Crippen LogP contribution in [0.1, 0.15) is 11.1 Å². The Bertz CT molecular complexity index is 924. The van der Waals surface area contributed by atoms with Crippen molar-refractivity contribution in [2.45, 2.75) is 13.1 Å². The van der Waals surface area contributed by atoms with Crippen LogP contribution in [0.2, 0.25) is 0 Å². The highest BCUT2D eigenvalue weighted by Crippen LogP contribution is 2.25.